The maximum absolute atomic E-state index is 14.9. The Balaban J connectivity index is 1.56. The molecule has 176 valence electrons. The highest BCUT2D eigenvalue weighted by Gasteiger charge is 2.35. The molecular formula is C25H26FN5O3. The molecule has 3 heterocycles. The van der Waals surface area contributed by atoms with Crippen molar-refractivity contribution in [1.82, 2.24) is 9.78 Å². The Morgan fingerprint density at radius 2 is 1.82 bits per heavy atom. The molecule has 2 amide bonds. The van der Waals surface area contributed by atoms with Crippen LogP contribution >= 0.6 is 0 Å². The Labute approximate surface area is 196 Å². The molecule has 1 saturated heterocycles. The Kier molecular flexibility index (Phi) is 5.47. The van der Waals surface area contributed by atoms with Crippen LogP contribution in [0, 0.1) is 12.7 Å². The van der Waals surface area contributed by atoms with Gasteiger partial charge >= 0.3 is 0 Å². The summed E-state index contributed by atoms with van der Waals surface area (Å²) in [6, 6.07) is 10.2. The van der Waals surface area contributed by atoms with Gasteiger partial charge in [0.1, 0.15) is 17.1 Å². The highest BCUT2D eigenvalue weighted by atomic mass is 19.1. The van der Waals surface area contributed by atoms with Crippen LogP contribution in [-0.4, -0.2) is 48.3 Å². The molecule has 8 nitrogen and oxygen atoms in total. The minimum Gasteiger partial charge on any atom is -0.497 e. The molecule has 0 spiro atoms. The fourth-order valence-electron chi connectivity index (χ4n) is 4.89. The number of rotatable bonds is 5. The van der Waals surface area contributed by atoms with E-state index in [9.17, 15) is 14.0 Å². The van der Waals surface area contributed by atoms with E-state index in [4.69, 9.17) is 10.5 Å². The van der Waals surface area contributed by atoms with Gasteiger partial charge in [0.05, 0.1) is 7.11 Å². The third kappa shape index (κ3) is 3.57. The standard InChI is InChI=1S/C25H26FN5O3/c1-15-13-16(5-7-20(15)29-10-3-4-11-29)30-12-9-18-22(24(27)32)28-31(23(18)25(30)33)21-8-6-17(34-2)14-19(21)26/h5-8,13-14H,3-4,9-12H2,1-2H3,(H2,27,32). The second kappa shape index (κ2) is 8.48. The number of ether oxygens (including phenoxy) is 1. The van der Waals surface area contributed by atoms with Crippen molar-refractivity contribution in [2.75, 3.05) is 36.5 Å². The summed E-state index contributed by atoms with van der Waals surface area (Å²) in [7, 11) is 1.44. The Bertz CT molecular complexity index is 1300. The average Bonchev–Trinajstić information content (AvgIpc) is 3.48. The fraction of sp³-hybridized carbons (Fsp3) is 0.320. The van der Waals surface area contributed by atoms with Crippen LogP contribution in [0.15, 0.2) is 36.4 Å². The van der Waals surface area contributed by atoms with Crippen LogP contribution < -0.4 is 20.3 Å². The van der Waals surface area contributed by atoms with Gasteiger partial charge in [0.2, 0.25) is 0 Å². The molecule has 0 saturated carbocycles. The summed E-state index contributed by atoms with van der Waals surface area (Å²) in [5, 5.41) is 4.25. The molecule has 34 heavy (non-hydrogen) atoms. The fourth-order valence-corrected chi connectivity index (χ4v) is 4.89. The first kappa shape index (κ1) is 21.9. The molecule has 0 unspecified atom stereocenters. The maximum atomic E-state index is 14.9. The van der Waals surface area contributed by atoms with Gasteiger partial charge in [-0.3, -0.25) is 9.59 Å². The SMILES string of the molecule is COc1ccc(-n2nc(C(N)=O)c3c2C(=O)N(c2ccc(N4CCCC4)c(C)c2)CC3)c(F)c1. The highest BCUT2D eigenvalue weighted by molar-refractivity contribution is 6.09. The van der Waals surface area contributed by atoms with Crippen LogP contribution in [0.4, 0.5) is 15.8 Å². The zero-order valence-electron chi connectivity index (χ0n) is 19.2. The monoisotopic (exact) mass is 463 g/mol. The first-order chi connectivity index (χ1) is 16.4. The Hall–Kier alpha value is -3.88. The summed E-state index contributed by atoms with van der Waals surface area (Å²) >= 11 is 0. The first-order valence-electron chi connectivity index (χ1n) is 11.3. The molecule has 2 aromatic carbocycles. The van der Waals surface area contributed by atoms with Gasteiger partial charge in [-0.1, -0.05) is 0 Å². The molecule has 5 rings (SSSR count). The van der Waals surface area contributed by atoms with Gasteiger partial charge < -0.3 is 20.3 Å². The van der Waals surface area contributed by atoms with E-state index < -0.39 is 11.7 Å². The molecule has 0 aliphatic carbocycles. The number of aromatic nitrogens is 2. The first-order valence-corrected chi connectivity index (χ1v) is 11.3. The smallest absolute Gasteiger partial charge is 0.277 e. The minimum atomic E-state index is -0.754. The van der Waals surface area contributed by atoms with Gasteiger partial charge in [-0.2, -0.15) is 5.10 Å². The van der Waals surface area contributed by atoms with Crippen LogP contribution in [0.2, 0.25) is 0 Å². The molecule has 0 atom stereocenters. The van der Waals surface area contributed by atoms with Crippen molar-refractivity contribution >= 4 is 23.2 Å². The lowest BCUT2D eigenvalue weighted by Crippen LogP contribution is -2.39. The molecule has 1 fully saturated rings. The summed E-state index contributed by atoms with van der Waals surface area (Å²) < 4.78 is 21.2. The number of carbonyl (C=O) groups is 2. The lowest BCUT2D eigenvalue weighted by molar-refractivity contribution is 0.0972. The normalized spacial score (nSPS) is 15.6. The maximum Gasteiger partial charge on any atom is 0.277 e. The lowest BCUT2D eigenvalue weighted by atomic mass is 10.0. The highest BCUT2D eigenvalue weighted by Crippen LogP contribution is 2.33. The van der Waals surface area contributed by atoms with Gasteiger partial charge in [-0.15, -0.1) is 0 Å². The number of aryl methyl sites for hydroxylation is 1. The van der Waals surface area contributed by atoms with E-state index in [0.717, 1.165) is 24.3 Å². The number of halogens is 1. The molecule has 9 heteroatoms. The summed E-state index contributed by atoms with van der Waals surface area (Å²) in [6.45, 7) is 4.48. The number of nitrogens with zero attached hydrogens (tertiary/aromatic N) is 4. The minimum absolute atomic E-state index is 0.0150. The average molecular weight is 464 g/mol. The molecule has 2 N–H and O–H groups in total. The number of primary amides is 1. The zero-order chi connectivity index (χ0) is 24.0. The summed E-state index contributed by atoms with van der Waals surface area (Å²) in [4.78, 5) is 29.8. The van der Waals surface area contributed by atoms with Crippen LogP contribution in [0.5, 0.6) is 5.75 Å². The van der Waals surface area contributed by atoms with Crippen molar-refractivity contribution in [3.63, 3.8) is 0 Å². The van der Waals surface area contributed by atoms with E-state index >= 15 is 0 Å². The van der Waals surface area contributed by atoms with E-state index in [2.05, 4.69) is 10.00 Å². The van der Waals surface area contributed by atoms with Gasteiger partial charge in [0.25, 0.3) is 11.8 Å². The van der Waals surface area contributed by atoms with Crippen molar-refractivity contribution in [1.29, 1.82) is 0 Å². The van der Waals surface area contributed by atoms with Crippen molar-refractivity contribution in [2.24, 2.45) is 5.73 Å². The number of methoxy groups -OCH3 is 1. The van der Waals surface area contributed by atoms with Crippen molar-refractivity contribution in [3.05, 3.63) is 64.7 Å². The number of anilines is 2. The topological polar surface area (TPSA) is 93.7 Å². The third-order valence-corrected chi connectivity index (χ3v) is 6.57. The van der Waals surface area contributed by atoms with Crippen molar-refractivity contribution in [2.45, 2.75) is 26.2 Å². The molecule has 3 aromatic rings. The molecule has 2 aliphatic rings. The lowest BCUT2D eigenvalue weighted by Gasteiger charge is -2.29. The van der Waals surface area contributed by atoms with Crippen LogP contribution in [0.1, 0.15) is 44.9 Å². The summed E-state index contributed by atoms with van der Waals surface area (Å²) in [6.07, 6.45) is 2.75. The van der Waals surface area contributed by atoms with E-state index in [-0.39, 0.29) is 23.0 Å². The number of benzene rings is 2. The van der Waals surface area contributed by atoms with Gasteiger partial charge in [-0.25, -0.2) is 9.07 Å². The van der Waals surface area contributed by atoms with Crippen molar-refractivity contribution in [3.8, 4) is 11.4 Å². The van der Waals surface area contributed by atoms with Crippen LogP contribution in [0.3, 0.4) is 0 Å². The zero-order valence-corrected chi connectivity index (χ0v) is 19.2. The van der Waals surface area contributed by atoms with E-state index in [0.29, 0.717) is 24.3 Å². The number of fused-ring (bicyclic) bond motifs is 1. The quantitative estimate of drug-likeness (QED) is 0.627. The van der Waals surface area contributed by atoms with Gasteiger partial charge in [0, 0.05) is 42.6 Å². The number of nitrogens with two attached hydrogens (primary N) is 1. The Morgan fingerprint density at radius 3 is 2.47 bits per heavy atom. The predicted molar refractivity (Wildman–Crippen MR) is 127 cm³/mol. The third-order valence-electron chi connectivity index (χ3n) is 6.57. The van der Waals surface area contributed by atoms with E-state index in [1.165, 1.54) is 42.5 Å². The molecular weight excluding hydrogens is 437 g/mol. The number of amides is 2. The van der Waals surface area contributed by atoms with E-state index in [1.807, 2.05) is 25.1 Å². The number of carbonyl (C=O) groups excluding carboxylic acids is 2. The molecule has 0 radical (unpaired) electrons. The van der Waals surface area contributed by atoms with Crippen LogP contribution in [0.25, 0.3) is 5.69 Å². The van der Waals surface area contributed by atoms with Gasteiger partial charge in [0.15, 0.2) is 11.5 Å². The second-order valence-corrected chi connectivity index (χ2v) is 8.64. The molecule has 2 aliphatic heterocycles. The number of hydrogen-bond donors (Lipinski definition) is 1. The summed E-state index contributed by atoms with van der Waals surface area (Å²) in [5.74, 6) is -1.41. The number of hydrogen-bond acceptors (Lipinski definition) is 5. The largest absolute Gasteiger partial charge is 0.497 e. The van der Waals surface area contributed by atoms with Gasteiger partial charge in [-0.05, 0) is 62.1 Å². The Morgan fingerprint density at radius 1 is 1.09 bits per heavy atom. The van der Waals surface area contributed by atoms with E-state index in [1.54, 1.807) is 11.0 Å². The van der Waals surface area contributed by atoms with Crippen molar-refractivity contribution < 1.29 is 18.7 Å². The summed E-state index contributed by atoms with van der Waals surface area (Å²) in [5.41, 5.74) is 9.16. The molecule has 0 bridgehead atoms. The second-order valence-electron chi connectivity index (χ2n) is 8.64. The molecule has 1 aromatic heterocycles. The van der Waals surface area contributed by atoms with Crippen LogP contribution in [-0.2, 0) is 6.42 Å². The predicted octanol–water partition coefficient (Wildman–Crippen LogP) is 3.23.